The van der Waals surface area contributed by atoms with E-state index in [1.807, 2.05) is 39.8 Å². The monoisotopic (exact) mass is 385 g/mol. The lowest BCUT2D eigenvalue weighted by Gasteiger charge is -2.38. The van der Waals surface area contributed by atoms with E-state index in [0.29, 0.717) is 0 Å². The molecule has 28 heavy (non-hydrogen) atoms. The van der Waals surface area contributed by atoms with Gasteiger partial charge >= 0.3 is 5.97 Å². The molecule has 0 aromatic carbocycles. The average molecular weight is 386 g/mol. The van der Waals surface area contributed by atoms with Crippen LogP contribution in [-0.4, -0.2) is 40.0 Å². The van der Waals surface area contributed by atoms with Crippen LogP contribution < -0.4 is 0 Å². The Morgan fingerprint density at radius 1 is 1.29 bits per heavy atom. The molecule has 1 aromatic rings. The summed E-state index contributed by atoms with van der Waals surface area (Å²) in [5.74, 6) is -0.958. The van der Waals surface area contributed by atoms with Gasteiger partial charge in [0.25, 0.3) is 5.91 Å². The number of carbonyl (C=O) groups excluding carboxylic acids is 2. The summed E-state index contributed by atoms with van der Waals surface area (Å²) >= 11 is 0. The highest BCUT2D eigenvalue weighted by molar-refractivity contribution is 5.99. The highest BCUT2D eigenvalue weighted by atomic mass is 16.5. The normalized spacial score (nSPS) is 20.0. The Hall–Kier alpha value is -2.55. The van der Waals surface area contributed by atoms with E-state index >= 15 is 0 Å². The third-order valence-corrected chi connectivity index (χ3v) is 5.51. The van der Waals surface area contributed by atoms with Crippen molar-refractivity contribution in [3.8, 4) is 6.07 Å². The van der Waals surface area contributed by atoms with Crippen molar-refractivity contribution in [2.24, 2.45) is 0 Å². The third kappa shape index (κ3) is 4.83. The van der Waals surface area contributed by atoms with Crippen LogP contribution in [0, 0.1) is 25.2 Å². The second-order valence-corrected chi connectivity index (χ2v) is 7.65. The molecule has 0 aliphatic carbocycles. The van der Waals surface area contributed by atoms with Gasteiger partial charge in [0.15, 0.2) is 6.61 Å². The van der Waals surface area contributed by atoms with Crippen LogP contribution in [0.5, 0.6) is 0 Å². The fourth-order valence-corrected chi connectivity index (χ4v) is 4.03. The molecule has 0 spiro atoms. The second-order valence-electron chi connectivity index (χ2n) is 7.65. The van der Waals surface area contributed by atoms with E-state index in [2.05, 4.69) is 11.5 Å². The maximum atomic E-state index is 12.5. The molecule has 1 fully saturated rings. The smallest absolute Gasteiger partial charge is 0.349 e. The first kappa shape index (κ1) is 21.7. The summed E-state index contributed by atoms with van der Waals surface area (Å²) in [4.78, 5) is 26.7. The zero-order valence-corrected chi connectivity index (χ0v) is 17.6. The number of aromatic nitrogens is 1. The van der Waals surface area contributed by atoms with E-state index in [0.717, 1.165) is 49.2 Å². The van der Waals surface area contributed by atoms with Gasteiger partial charge in [-0.3, -0.25) is 4.79 Å². The lowest BCUT2D eigenvalue weighted by molar-refractivity contribution is -0.151. The summed E-state index contributed by atoms with van der Waals surface area (Å²) < 4.78 is 7.34. The summed E-state index contributed by atoms with van der Waals surface area (Å²) in [6, 6.07) is 4.15. The lowest BCUT2D eigenvalue weighted by Crippen LogP contribution is -2.49. The molecule has 0 N–H and O–H groups in total. The van der Waals surface area contributed by atoms with Crippen LogP contribution >= 0.6 is 0 Å². The van der Waals surface area contributed by atoms with Crippen LogP contribution in [0.2, 0.25) is 0 Å². The maximum absolute atomic E-state index is 12.5. The molecular formula is C22H31N3O3. The van der Waals surface area contributed by atoms with E-state index in [1.54, 1.807) is 11.0 Å². The molecule has 0 unspecified atom stereocenters. The van der Waals surface area contributed by atoms with E-state index in [9.17, 15) is 14.9 Å². The van der Waals surface area contributed by atoms with Crippen molar-refractivity contribution in [3.63, 3.8) is 0 Å². The zero-order valence-electron chi connectivity index (χ0n) is 17.6. The molecule has 1 aromatic heterocycles. The van der Waals surface area contributed by atoms with Gasteiger partial charge in [0, 0.05) is 30.0 Å². The fourth-order valence-electron chi connectivity index (χ4n) is 4.03. The largest absolute Gasteiger partial charge is 0.451 e. The van der Waals surface area contributed by atoms with Crippen molar-refractivity contribution in [3.05, 3.63) is 28.6 Å². The number of rotatable bonds is 6. The van der Waals surface area contributed by atoms with Gasteiger partial charge in [-0.15, -0.1) is 0 Å². The summed E-state index contributed by atoms with van der Waals surface area (Å²) in [6.07, 6.45) is 5.57. The quantitative estimate of drug-likeness (QED) is 0.424. The van der Waals surface area contributed by atoms with Gasteiger partial charge in [-0.1, -0.05) is 6.92 Å². The number of amides is 1. The molecule has 2 rings (SSSR count). The average Bonchev–Trinajstić information content (AvgIpc) is 2.91. The lowest BCUT2D eigenvalue weighted by atomic mass is 9.97. The molecule has 2 atom stereocenters. The predicted octanol–water partition coefficient (Wildman–Crippen LogP) is 3.75. The minimum absolute atomic E-state index is 0.0933. The van der Waals surface area contributed by atoms with E-state index in [1.165, 1.54) is 0 Å². The molecule has 2 heterocycles. The first-order chi connectivity index (χ1) is 13.3. The van der Waals surface area contributed by atoms with Crippen molar-refractivity contribution in [2.45, 2.75) is 78.9 Å². The number of nitriles is 1. The Labute approximate surface area is 167 Å². The number of piperidine rings is 1. The number of aryl methyl sites for hydroxylation is 1. The van der Waals surface area contributed by atoms with Crippen molar-refractivity contribution >= 4 is 18.0 Å². The Bertz CT molecular complexity index is 791. The maximum Gasteiger partial charge on any atom is 0.349 e. The molecule has 6 nitrogen and oxygen atoms in total. The SMILES string of the molecule is CCCn1c(C)cc(/C=C(\C#N)C(=O)OCC(=O)N2[C@@H](C)CCC[C@@H]2C)c1C. The molecule has 0 saturated carbocycles. The topological polar surface area (TPSA) is 75.3 Å². The van der Waals surface area contributed by atoms with Crippen LogP contribution in [0.3, 0.4) is 0 Å². The first-order valence-electron chi connectivity index (χ1n) is 10.1. The third-order valence-electron chi connectivity index (χ3n) is 5.51. The van der Waals surface area contributed by atoms with Crippen molar-refractivity contribution in [1.29, 1.82) is 5.26 Å². The minimum atomic E-state index is -0.756. The molecule has 1 aliphatic rings. The van der Waals surface area contributed by atoms with Crippen LogP contribution in [0.15, 0.2) is 11.6 Å². The van der Waals surface area contributed by atoms with Gasteiger partial charge in [-0.2, -0.15) is 5.26 Å². The van der Waals surface area contributed by atoms with Crippen LogP contribution in [0.1, 0.15) is 63.4 Å². The van der Waals surface area contributed by atoms with Crippen molar-refractivity contribution < 1.29 is 14.3 Å². The second kappa shape index (κ2) is 9.59. The van der Waals surface area contributed by atoms with Gasteiger partial charge in [-0.05, 0) is 71.1 Å². The summed E-state index contributed by atoms with van der Waals surface area (Å²) in [6.45, 7) is 10.7. The van der Waals surface area contributed by atoms with Gasteiger partial charge in [0.1, 0.15) is 11.6 Å². The Balaban J connectivity index is 2.08. The number of likely N-dealkylation sites (tertiary alicyclic amines) is 1. The Kier molecular flexibility index (Phi) is 7.45. The van der Waals surface area contributed by atoms with Crippen molar-refractivity contribution in [2.75, 3.05) is 6.61 Å². The van der Waals surface area contributed by atoms with E-state index in [-0.39, 0.29) is 30.2 Å². The molecule has 0 bridgehead atoms. The zero-order chi connectivity index (χ0) is 20.8. The van der Waals surface area contributed by atoms with Gasteiger partial charge < -0.3 is 14.2 Å². The number of carbonyl (C=O) groups is 2. The first-order valence-corrected chi connectivity index (χ1v) is 10.1. The fraction of sp³-hybridized carbons (Fsp3) is 0.591. The number of hydrogen-bond acceptors (Lipinski definition) is 4. The van der Waals surface area contributed by atoms with Gasteiger partial charge in [0.2, 0.25) is 0 Å². The van der Waals surface area contributed by atoms with Crippen LogP contribution in [0.25, 0.3) is 6.08 Å². The van der Waals surface area contributed by atoms with Crippen molar-refractivity contribution in [1.82, 2.24) is 9.47 Å². The van der Waals surface area contributed by atoms with Gasteiger partial charge in [-0.25, -0.2) is 4.79 Å². The highest BCUT2D eigenvalue weighted by Crippen LogP contribution is 2.23. The molecule has 152 valence electrons. The summed E-state index contributed by atoms with van der Waals surface area (Å²) in [7, 11) is 0. The van der Waals surface area contributed by atoms with Crippen LogP contribution in [-0.2, 0) is 20.9 Å². The molecule has 1 saturated heterocycles. The standard InChI is InChI=1S/C22H31N3O3/c1-6-10-24-17(4)11-19(18(24)5)12-20(13-23)22(27)28-14-21(26)25-15(2)8-7-9-16(25)3/h11-12,15-16H,6-10,14H2,1-5H3/b20-12+/t15-,16-/m0/s1. The molecule has 6 heteroatoms. The van der Waals surface area contributed by atoms with E-state index < -0.39 is 5.97 Å². The predicted molar refractivity (Wildman–Crippen MR) is 108 cm³/mol. The Morgan fingerprint density at radius 2 is 1.93 bits per heavy atom. The van der Waals surface area contributed by atoms with E-state index in [4.69, 9.17) is 4.74 Å². The number of nitrogens with zero attached hydrogens (tertiary/aromatic N) is 3. The molecule has 0 radical (unpaired) electrons. The summed E-state index contributed by atoms with van der Waals surface area (Å²) in [5.41, 5.74) is 2.82. The van der Waals surface area contributed by atoms with Gasteiger partial charge in [0.05, 0.1) is 0 Å². The van der Waals surface area contributed by atoms with Crippen LogP contribution in [0.4, 0.5) is 0 Å². The number of hydrogen-bond donors (Lipinski definition) is 0. The molecule has 1 amide bonds. The number of esters is 1. The summed E-state index contributed by atoms with van der Waals surface area (Å²) in [5, 5.41) is 9.40. The molecular weight excluding hydrogens is 354 g/mol. The Morgan fingerprint density at radius 3 is 2.50 bits per heavy atom. The minimum Gasteiger partial charge on any atom is -0.451 e. The highest BCUT2D eigenvalue weighted by Gasteiger charge is 2.29. The number of ether oxygens (including phenoxy) is 1. The molecule has 1 aliphatic heterocycles.